The minimum atomic E-state index is -0.585. The molecule has 1 unspecified atom stereocenters. The van der Waals surface area contributed by atoms with Gasteiger partial charge in [0.05, 0.1) is 6.61 Å². The van der Waals surface area contributed by atoms with Crippen LogP contribution >= 0.6 is 12.4 Å². The number of carbonyl (C=O) groups excluding carboxylic acids is 1. The van der Waals surface area contributed by atoms with Gasteiger partial charge in [-0.05, 0) is 18.9 Å². The van der Waals surface area contributed by atoms with Crippen molar-refractivity contribution in [2.45, 2.75) is 19.4 Å². The van der Waals surface area contributed by atoms with Gasteiger partial charge in [0.25, 0.3) is 0 Å². The van der Waals surface area contributed by atoms with Gasteiger partial charge in [-0.15, -0.1) is 12.4 Å². The maximum atomic E-state index is 11.5. The van der Waals surface area contributed by atoms with Crippen LogP contribution in [0.15, 0.2) is 24.3 Å². The van der Waals surface area contributed by atoms with E-state index in [4.69, 9.17) is 10.5 Å². The fourth-order valence-electron chi connectivity index (χ4n) is 1.47. The summed E-state index contributed by atoms with van der Waals surface area (Å²) in [4.78, 5) is 11.5. The number of carbonyl (C=O) groups is 1. The monoisotopic (exact) mass is 272 g/mol. The average Bonchev–Trinajstić information content (AvgIpc) is 2.32. The third kappa shape index (κ3) is 6.00. The smallest absolute Gasteiger partial charge is 0.239 e. The molecule has 0 bridgehead atoms. The van der Waals surface area contributed by atoms with Gasteiger partial charge in [-0.25, -0.2) is 0 Å². The molecule has 1 amide bonds. The molecule has 0 aliphatic carbocycles. The highest BCUT2D eigenvalue weighted by Gasteiger charge is 2.11. The standard InChI is InChI=1S/C13H20N2O2.ClH/c1-10-3-5-11(6-4-10)7-8-15-13(16)12(14)9-17-2;/h3-6,12H,7-9,14H2,1-2H3,(H,15,16);1H. The molecule has 0 heterocycles. The van der Waals surface area contributed by atoms with E-state index < -0.39 is 6.04 Å². The second-order valence-electron chi connectivity index (χ2n) is 4.09. The molecule has 1 aromatic rings. The van der Waals surface area contributed by atoms with Crippen molar-refractivity contribution in [3.63, 3.8) is 0 Å². The topological polar surface area (TPSA) is 64.3 Å². The molecule has 1 rings (SSSR count). The molecule has 0 aliphatic rings. The molecule has 1 atom stereocenters. The number of methoxy groups -OCH3 is 1. The van der Waals surface area contributed by atoms with E-state index in [0.29, 0.717) is 6.54 Å². The number of ether oxygens (including phenoxy) is 1. The lowest BCUT2D eigenvalue weighted by molar-refractivity contribution is -0.123. The Labute approximate surface area is 114 Å². The first-order valence-electron chi connectivity index (χ1n) is 5.71. The minimum absolute atomic E-state index is 0. The summed E-state index contributed by atoms with van der Waals surface area (Å²) in [6.07, 6.45) is 0.811. The summed E-state index contributed by atoms with van der Waals surface area (Å²) in [5, 5.41) is 2.79. The maximum Gasteiger partial charge on any atom is 0.239 e. The average molecular weight is 273 g/mol. The molecule has 102 valence electrons. The predicted molar refractivity (Wildman–Crippen MR) is 75.0 cm³/mol. The van der Waals surface area contributed by atoms with Crippen LogP contribution in [-0.2, 0) is 16.0 Å². The van der Waals surface area contributed by atoms with Crippen molar-refractivity contribution >= 4 is 18.3 Å². The van der Waals surface area contributed by atoms with Gasteiger partial charge in [0.1, 0.15) is 6.04 Å². The Balaban J connectivity index is 0.00000289. The molecule has 0 saturated heterocycles. The Morgan fingerprint density at radius 2 is 2.00 bits per heavy atom. The lowest BCUT2D eigenvalue weighted by atomic mass is 10.1. The fraction of sp³-hybridized carbons (Fsp3) is 0.462. The molecule has 5 heteroatoms. The van der Waals surface area contributed by atoms with Crippen LogP contribution in [0.5, 0.6) is 0 Å². The molecular weight excluding hydrogens is 252 g/mol. The van der Waals surface area contributed by atoms with E-state index in [1.165, 1.54) is 18.2 Å². The largest absolute Gasteiger partial charge is 0.383 e. The highest BCUT2D eigenvalue weighted by atomic mass is 35.5. The van der Waals surface area contributed by atoms with Crippen LogP contribution in [0.3, 0.4) is 0 Å². The number of nitrogens with one attached hydrogen (secondary N) is 1. The lowest BCUT2D eigenvalue weighted by Crippen LogP contribution is -2.44. The van der Waals surface area contributed by atoms with Gasteiger partial charge in [-0.1, -0.05) is 29.8 Å². The number of amides is 1. The Morgan fingerprint density at radius 1 is 1.39 bits per heavy atom. The second-order valence-corrected chi connectivity index (χ2v) is 4.09. The van der Waals surface area contributed by atoms with Crippen molar-refractivity contribution < 1.29 is 9.53 Å². The minimum Gasteiger partial charge on any atom is -0.383 e. The Bertz CT molecular complexity index is 355. The number of aryl methyl sites for hydroxylation is 1. The summed E-state index contributed by atoms with van der Waals surface area (Å²) in [5.41, 5.74) is 8.03. The van der Waals surface area contributed by atoms with Crippen molar-refractivity contribution in [2.24, 2.45) is 5.73 Å². The van der Waals surface area contributed by atoms with E-state index in [2.05, 4.69) is 36.5 Å². The Hall–Kier alpha value is -1.10. The number of hydrogen-bond donors (Lipinski definition) is 2. The van der Waals surface area contributed by atoms with E-state index in [1.54, 1.807) is 0 Å². The SMILES string of the molecule is COCC(N)C(=O)NCCc1ccc(C)cc1.Cl. The molecule has 4 nitrogen and oxygen atoms in total. The molecule has 3 N–H and O–H groups in total. The molecule has 0 aromatic heterocycles. The van der Waals surface area contributed by atoms with E-state index in [-0.39, 0.29) is 24.9 Å². The second kappa shape index (κ2) is 8.91. The van der Waals surface area contributed by atoms with Crippen LogP contribution in [0.2, 0.25) is 0 Å². The molecule has 0 radical (unpaired) electrons. The van der Waals surface area contributed by atoms with E-state index in [9.17, 15) is 4.79 Å². The summed E-state index contributed by atoms with van der Waals surface area (Å²) in [6, 6.07) is 7.67. The van der Waals surface area contributed by atoms with E-state index >= 15 is 0 Å². The van der Waals surface area contributed by atoms with Crippen molar-refractivity contribution in [1.82, 2.24) is 5.32 Å². The van der Waals surface area contributed by atoms with Crippen molar-refractivity contribution in [2.75, 3.05) is 20.3 Å². The van der Waals surface area contributed by atoms with Crippen LogP contribution in [0.25, 0.3) is 0 Å². The number of hydrogen-bond acceptors (Lipinski definition) is 3. The first kappa shape index (κ1) is 16.9. The number of nitrogens with two attached hydrogens (primary N) is 1. The van der Waals surface area contributed by atoms with Crippen molar-refractivity contribution in [1.29, 1.82) is 0 Å². The third-order valence-corrected chi connectivity index (χ3v) is 2.52. The summed E-state index contributed by atoms with van der Waals surface area (Å²) in [5.74, 6) is -0.168. The van der Waals surface area contributed by atoms with Gasteiger partial charge in [0.15, 0.2) is 0 Å². The molecule has 0 aliphatic heterocycles. The zero-order chi connectivity index (χ0) is 12.7. The van der Waals surface area contributed by atoms with Gasteiger partial charge in [-0.3, -0.25) is 4.79 Å². The molecule has 18 heavy (non-hydrogen) atoms. The molecule has 1 aromatic carbocycles. The van der Waals surface area contributed by atoms with E-state index in [0.717, 1.165) is 6.42 Å². The molecule has 0 spiro atoms. The highest BCUT2D eigenvalue weighted by molar-refractivity contribution is 5.85. The van der Waals surface area contributed by atoms with Gasteiger partial charge in [-0.2, -0.15) is 0 Å². The van der Waals surface area contributed by atoms with Crippen LogP contribution in [0, 0.1) is 6.92 Å². The van der Waals surface area contributed by atoms with Crippen LogP contribution in [0.1, 0.15) is 11.1 Å². The van der Waals surface area contributed by atoms with E-state index in [1.807, 2.05) is 0 Å². The van der Waals surface area contributed by atoms with Crippen LogP contribution in [0.4, 0.5) is 0 Å². The summed E-state index contributed by atoms with van der Waals surface area (Å²) in [7, 11) is 1.53. The summed E-state index contributed by atoms with van der Waals surface area (Å²) in [6.45, 7) is 2.89. The van der Waals surface area contributed by atoms with Crippen molar-refractivity contribution in [3.05, 3.63) is 35.4 Å². The first-order chi connectivity index (χ1) is 8.13. The Morgan fingerprint density at radius 3 is 2.56 bits per heavy atom. The van der Waals surface area contributed by atoms with Crippen LogP contribution in [-0.4, -0.2) is 32.2 Å². The number of halogens is 1. The number of benzene rings is 1. The summed E-state index contributed by atoms with van der Waals surface area (Å²) >= 11 is 0. The summed E-state index contributed by atoms with van der Waals surface area (Å²) < 4.78 is 4.82. The molecule has 0 saturated carbocycles. The third-order valence-electron chi connectivity index (χ3n) is 2.52. The van der Waals surface area contributed by atoms with Gasteiger partial charge in [0.2, 0.25) is 5.91 Å². The Kier molecular flexibility index (Phi) is 8.37. The molecular formula is C13H21ClN2O2. The van der Waals surface area contributed by atoms with Crippen molar-refractivity contribution in [3.8, 4) is 0 Å². The van der Waals surface area contributed by atoms with Gasteiger partial charge >= 0.3 is 0 Å². The lowest BCUT2D eigenvalue weighted by Gasteiger charge is -2.11. The molecule has 0 fully saturated rings. The fourth-order valence-corrected chi connectivity index (χ4v) is 1.47. The maximum absolute atomic E-state index is 11.5. The highest BCUT2D eigenvalue weighted by Crippen LogP contribution is 2.03. The quantitative estimate of drug-likeness (QED) is 0.814. The number of rotatable bonds is 6. The van der Waals surface area contributed by atoms with Gasteiger partial charge < -0.3 is 15.8 Å². The first-order valence-corrected chi connectivity index (χ1v) is 5.71. The van der Waals surface area contributed by atoms with Gasteiger partial charge in [0, 0.05) is 13.7 Å². The zero-order valence-corrected chi connectivity index (χ0v) is 11.6. The predicted octanol–water partition coefficient (Wildman–Crippen LogP) is 1.05. The zero-order valence-electron chi connectivity index (χ0n) is 10.8. The normalized spacial score (nSPS) is 11.5. The van der Waals surface area contributed by atoms with Crippen LogP contribution < -0.4 is 11.1 Å².